The average Bonchev–Trinajstić information content (AvgIpc) is 3.06. The largest absolute Gasteiger partial charge is 0.396 e. The van der Waals surface area contributed by atoms with Gasteiger partial charge in [-0.3, -0.25) is 4.79 Å². The van der Waals surface area contributed by atoms with Gasteiger partial charge in [-0.05, 0) is 12.8 Å². The Morgan fingerprint density at radius 1 is 1.35 bits per heavy atom. The third-order valence-corrected chi connectivity index (χ3v) is 5.64. The molecule has 0 aromatic carbocycles. The molecule has 0 aliphatic heterocycles. The number of nitrogen functional groups attached to an aromatic ring is 1. The van der Waals surface area contributed by atoms with E-state index in [9.17, 15) is 4.79 Å². The summed E-state index contributed by atoms with van der Waals surface area (Å²) in [5.41, 5.74) is 8.00. The second-order valence-electron chi connectivity index (χ2n) is 6.15. The molecule has 0 unspecified atom stereocenters. The number of fused-ring (bicyclic) bond motifs is 1. The van der Waals surface area contributed by atoms with Crippen LogP contribution in [0.4, 0.5) is 17.1 Å². The van der Waals surface area contributed by atoms with E-state index < -0.39 is 0 Å². The molecule has 0 saturated heterocycles. The van der Waals surface area contributed by atoms with Gasteiger partial charge < -0.3 is 16.0 Å². The fourth-order valence-electron chi connectivity index (χ4n) is 3.29. The van der Waals surface area contributed by atoms with Gasteiger partial charge in [0.05, 0.1) is 39.9 Å². The van der Waals surface area contributed by atoms with Crippen LogP contribution < -0.4 is 11.1 Å². The number of nitrogens with one attached hydrogen (secondary N) is 1. The van der Waals surface area contributed by atoms with Crippen LogP contribution in [0.15, 0.2) is 11.2 Å². The summed E-state index contributed by atoms with van der Waals surface area (Å²) in [6, 6.07) is 0.527. The maximum atomic E-state index is 11.5. The molecule has 0 spiro atoms. The van der Waals surface area contributed by atoms with Crippen molar-refractivity contribution in [2.45, 2.75) is 52.0 Å². The molecule has 1 fully saturated rings. The number of nitrogens with zero attached hydrogens (tertiary/aromatic N) is 3. The van der Waals surface area contributed by atoms with Gasteiger partial charge in [-0.1, -0.05) is 33.1 Å². The molecule has 0 amide bonds. The molecule has 6 nitrogen and oxygen atoms in total. The summed E-state index contributed by atoms with van der Waals surface area (Å²) in [7, 11) is 3.87. The number of nitrogens with two attached hydrogens (primary N) is 1. The van der Waals surface area contributed by atoms with Crippen molar-refractivity contribution in [3.8, 4) is 0 Å². The second kappa shape index (κ2) is 9.52. The Kier molecular flexibility index (Phi) is 7.38. The molecule has 7 heteroatoms. The highest BCUT2D eigenvalue weighted by molar-refractivity contribution is 7.21. The van der Waals surface area contributed by atoms with E-state index in [0.717, 1.165) is 22.2 Å². The number of rotatable bonds is 5. The summed E-state index contributed by atoms with van der Waals surface area (Å²) in [6.07, 6.45) is 10.6. The fourth-order valence-corrected chi connectivity index (χ4v) is 4.20. The van der Waals surface area contributed by atoms with Gasteiger partial charge in [-0.15, -0.1) is 11.3 Å². The highest BCUT2D eigenvalue weighted by Gasteiger charge is 2.19. The van der Waals surface area contributed by atoms with Crippen LogP contribution in [0.5, 0.6) is 0 Å². The molecule has 0 radical (unpaired) electrons. The topological polar surface area (TPSA) is 83.6 Å². The first-order chi connectivity index (χ1) is 12.7. The van der Waals surface area contributed by atoms with Crippen LogP contribution in [-0.2, 0) is 0 Å². The standard InChI is InChI=1S/C17H23N5OS.C2H6/c1-19-15-12(18)8-20-17-14(15)16(13(9-23)24-17)21-10-22(2)11-6-4-3-5-7-11;1-2/h8-11H,3-7,18H2,1-2H3,(H,19,20);1-2H3. The van der Waals surface area contributed by atoms with Gasteiger partial charge in [0.25, 0.3) is 0 Å². The van der Waals surface area contributed by atoms with E-state index in [1.54, 1.807) is 6.20 Å². The third-order valence-electron chi connectivity index (χ3n) is 4.63. The molecule has 26 heavy (non-hydrogen) atoms. The van der Waals surface area contributed by atoms with Crippen molar-refractivity contribution in [2.75, 3.05) is 25.1 Å². The first-order valence-electron chi connectivity index (χ1n) is 9.25. The lowest BCUT2D eigenvalue weighted by Crippen LogP contribution is -2.32. The molecule has 2 aromatic rings. The lowest BCUT2D eigenvalue weighted by Gasteiger charge is -2.29. The summed E-state index contributed by atoms with van der Waals surface area (Å²) in [4.78, 5) is 24.0. The van der Waals surface area contributed by atoms with E-state index in [2.05, 4.69) is 27.2 Å². The Morgan fingerprint density at radius 3 is 2.65 bits per heavy atom. The zero-order valence-electron chi connectivity index (χ0n) is 16.1. The van der Waals surface area contributed by atoms with E-state index in [1.807, 2.05) is 27.2 Å². The maximum absolute atomic E-state index is 11.5. The Balaban J connectivity index is 0.00000117. The number of thiophene rings is 1. The van der Waals surface area contributed by atoms with Gasteiger partial charge >= 0.3 is 0 Å². The van der Waals surface area contributed by atoms with Gasteiger partial charge in [-0.2, -0.15) is 0 Å². The monoisotopic (exact) mass is 375 g/mol. The van der Waals surface area contributed by atoms with Crippen molar-refractivity contribution in [3.05, 3.63) is 11.1 Å². The van der Waals surface area contributed by atoms with Crippen LogP contribution in [-0.4, -0.2) is 42.6 Å². The second-order valence-corrected chi connectivity index (χ2v) is 7.18. The molecule has 0 bridgehead atoms. The Labute approximate surface area is 159 Å². The van der Waals surface area contributed by atoms with Gasteiger partial charge in [0.2, 0.25) is 0 Å². The number of pyridine rings is 1. The fraction of sp³-hybridized carbons (Fsp3) is 0.526. The lowest BCUT2D eigenvalue weighted by molar-refractivity contribution is 0.112. The zero-order valence-corrected chi connectivity index (χ0v) is 16.9. The molecule has 2 heterocycles. The van der Waals surface area contributed by atoms with Crippen LogP contribution in [0.25, 0.3) is 10.2 Å². The minimum Gasteiger partial charge on any atom is -0.396 e. The Hall–Kier alpha value is -2.15. The smallest absolute Gasteiger partial charge is 0.162 e. The summed E-state index contributed by atoms with van der Waals surface area (Å²) in [5, 5.41) is 3.92. The van der Waals surface area contributed by atoms with Crippen LogP contribution in [0, 0.1) is 0 Å². The van der Waals surface area contributed by atoms with Crippen molar-refractivity contribution < 1.29 is 4.79 Å². The van der Waals surface area contributed by atoms with Crippen molar-refractivity contribution in [1.29, 1.82) is 0 Å². The molecule has 0 atom stereocenters. The number of carbonyl (C=O) groups is 1. The number of hydrogen-bond acceptors (Lipinski definition) is 6. The average molecular weight is 376 g/mol. The van der Waals surface area contributed by atoms with Crippen molar-refractivity contribution in [3.63, 3.8) is 0 Å². The molecular weight excluding hydrogens is 346 g/mol. The van der Waals surface area contributed by atoms with E-state index in [0.29, 0.717) is 22.3 Å². The summed E-state index contributed by atoms with van der Waals surface area (Å²) in [6.45, 7) is 4.00. The minimum absolute atomic E-state index is 0.527. The summed E-state index contributed by atoms with van der Waals surface area (Å²) < 4.78 is 0. The third kappa shape index (κ3) is 4.15. The first kappa shape index (κ1) is 20.2. The highest BCUT2D eigenvalue weighted by atomic mass is 32.1. The Morgan fingerprint density at radius 2 is 2.04 bits per heavy atom. The quantitative estimate of drug-likeness (QED) is 0.450. The number of carbonyl (C=O) groups excluding carboxylic acids is 1. The summed E-state index contributed by atoms with van der Waals surface area (Å²) >= 11 is 1.34. The van der Waals surface area contributed by atoms with Crippen LogP contribution >= 0.6 is 11.3 Å². The molecule has 3 N–H and O–H groups in total. The summed E-state index contributed by atoms with van der Waals surface area (Å²) in [5.74, 6) is 0. The minimum atomic E-state index is 0.527. The first-order valence-corrected chi connectivity index (χ1v) is 10.1. The van der Waals surface area contributed by atoms with Crippen molar-refractivity contribution in [2.24, 2.45) is 4.99 Å². The number of aldehydes is 1. The molecule has 142 valence electrons. The number of aliphatic imine (C=N–C) groups is 1. The lowest BCUT2D eigenvalue weighted by atomic mass is 9.95. The molecule has 3 rings (SSSR count). The number of hydrogen-bond donors (Lipinski definition) is 2. The predicted molar refractivity (Wildman–Crippen MR) is 113 cm³/mol. The van der Waals surface area contributed by atoms with Crippen molar-refractivity contribution in [1.82, 2.24) is 9.88 Å². The van der Waals surface area contributed by atoms with Gasteiger partial charge in [-0.25, -0.2) is 9.98 Å². The van der Waals surface area contributed by atoms with Crippen LogP contribution in [0.1, 0.15) is 55.6 Å². The van der Waals surface area contributed by atoms with Crippen molar-refractivity contribution >= 4 is 51.2 Å². The number of anilines is 2. The van der Waals surface area contributed by atoms with E-state index in [1.165, 1.54) is 43.4 Å². The van der Waals surface area contributed by atoms with Crippen LogP contribution in [0.2, 0.25) is 0 Å². The molecule has 1 aliphatic rings. The predicted octanol–water partition coefficient (Wildman–Crippen LogP) is 4.68. The van der Waals surface area contributed by atoms with E-state index in [4.69, 9.17) is 5.73 Å². The molecular formula is C19H29N5OS. The van der Waals surface area contributed by atoms with Gasteiger partial charge in [0.1, 0.15) is 4.83 Å². The van der Waals surface area contributed by atoms with Gasteiger partial charge in [0.15, 0.2) is 6.29 Å². The molecule has 1 aliphatic carbocycles. The molecule has 1 saturated carbocycles. The van der Waals surface area contributed by atoms with E-state index in [-0.39, 0.29) is 0 Å². The van der Waals surface area contributed by atoms with Gasteiger partial charge in [0, 0.05) is 20.1 Å². The van der Waals surface area contributed by atoms with Crippen LogP contribution in [0.3, 0.4) is 0 Å². The molecule has 2 aromatic heterocycles. The normalized spacial score (nSPS) is 14.9. The highest BCUT2D eigenvalue weighted by Crippen LogP contribution is 2.42. The maximum Gasteiger partial charge on any atom is 0.162 e. The Bertz CT molecular complexity index is 765. The zero-order chi connectivity index (χ0) is 19.1. The van der Waals surface area contributed by atoms with E-state index >= 15 is 0 Å². The SMILES string of the molecule is CC.CNc1c(N)cnc2sc(C=O)c(N=CN(C)C3CCCCC3)c12. The number of aromatic nitrogens is 1.